The first-order chi connectivity index (χ1) is 10.5. The molecule has 0 aliphatic carbocycles. The maximum atomic E-state index is 11.5. The number of carbonyl (C=O) groups is 1. The van der Waals surface area contributed by atoms with E-state index < -0.39 is 6.04 Å². The Morgan fingerprint density at radius 3 is 2.64 bits per heavy atom. The third-order valence-electron chi connectivity index (χ3n) is 4.03. The zero-order chi connectivity index (χ0) is 16.1. The van der Waals surface area contributed by atoms with Crippen LogP contribution in [0.15, 0.2) is 18.2 Å². The third kappa shape index (κ3) is 3.99. The van der Waals surface area contributed by atoms with Gasteiger partial charge in [-0.3, -0.25) is 4.79 Å². The predicted molar refractivity (Wildman–Crippen MR) is 87.3 cm³/mol. The molecule has 0 aromatic heterocycles. The Bertz CT molecular complexity index is 511. The van der Waals surface area contributed by atoms with E-state index in [1.54, 1.807) is 0 Å². The summed E-state index contributed by atoms with van der Waals surface area (Å²) in [4.78, 5) is 13.8. The fourth-order valence-electron chi connectivity index (χ4n) is 2.77. The number of esters is 1. The first-order valence-electron chi connectivity index (χ1n) is 7.82. The third-order valence-corrected chi connectivity index (χ3v) is 4.03. The van der Waals surface area contributed by atoms with Crippen molar-refractivity contribution < 1.29 is 14.3 Å². The highest BCUT2D eigenvalue weighted by atomic mass is 16.5. The number of benzene rings is 1. The number of morpholine rings is 1. The number of methoxy groups -OCH3 is 1. The van der Waals surface area contributed by atoms with Gasteiger partial charge in [-0.15, -0.1) is 0 Å². The van der Waals surface area contributed by atoms with Crippen molar-refractivity contribution in [2.45, 2.75) is 32.2 Å². The molecule has 5 heteroatoms. The number of nitrogens with zero attached hydrogens (tertiary/aromatic N) is 1. The Morgan fingerprint density at radius 1 is 1.36 bits per heavy atom. The van der Waals surface area contributed by atoms with Crippen LogP contribution in [0.2, 0.25) is 0 Å². The minimum absolute atomic E-state index is 0.372. The van der Waals surface area contributed by atoms with E-state index in [9.17, 15) is 4.79 Å². The summed E-state index contributed by atoms with van der Waals surface area (Å²) in [6.07, 6.45) is 0.496. The molecule has 1 fully saturated rings. The average molecular weight is 306 g/mol. The van der Waals surface area contributed by atoms with Gasteiger partial charge >= 0.3 is 5.97 Å². The van der Waals surface area contributed by atoms with Crippen LogP contribution in [0.25, 0.3) is 0 Å². The van der Waals surface area contributed by atoms with Crippen LogP contribution in [0.1, 0.15) is 30.9 Å². The molecule has 5 nitrogen and oxygen atoms in total. The molecule has 1 aromatic carbocycles. The Hall–Kier alpha value is -1.59. The lowest BCUT2D eigenvalue weighted by atomic mass is 9.95. The van der Waals surface area contributed by atoms with Crippen LogP contribution in [0.3, 0.4) is 0 Å². The van der Waals surface area contributed by atoms with Crippen molar-refractivity contribution in [2.24, 2.45) is 5.73 Å². The van der Waals surface area contributed by atoms with Gasteiger partial charge < -0.3 is 20.1 Å². The van der Waals surface area contributed by atoms with E-state index in [1.165, 1.54) is 18.4 Å². The summed E-state index contributed by atoms with van der Waals surface area (Å²) in [5, 5.41) is 0. The standard InChI is InChI=1S/C17H26N2O3/c1-12(2)14-10-13(11-15(18)17(20)21-3)4-5-16(14)19-6-8-22-9-7-19/h4-5,10,12,15H,6-9,11,18H2,1-3H3. The molecule has 1 aromatic rings. The van der Waals surface area contributed by atoms with Crippen molar-refractivity contribution >= 4 is 11.7 Å². The molecular formula is C17H26N2O3. The molecule has 1 aliphatic rings. The summed E-state index contributed by atoms with van der Waals surface area (Å²) in [6, 6.07) is 5.75. The monoisotopic (exact) mass is 306 g/mol. The Morgan fingerprint density at radius 2 is 2.05 bits per heavy atom. The van der Waals surface area contributed by atoms with Gasteiger partial charge in [0.2, 0.25) is 0 Å². The van der Waals surface area contributed by atoms with Gasteiger partial charge in [0.1, 0.15) is 6.04 Å². The molecule has 0 radical (unpaired) electrons. The molecule has 0 saturated carbocycles. The van der Waals surface area contributed by atoms with Crippen LogP contribution in [-0.4, -0.2) is 45.4 Å². The van der Waals surface area contributed by atoms with E-state index in [4.69, 9.17) is 15.2 Å². The quantitative estimate of drug-likeness (QED) is 0.839. The smallest absolute Gasteiger partial charge is 0.322 e. The molecular weight excluding hydrogens is 280 g/mol. The van der Waals surface area contributed by atoms with Gasteiger partial charge in [0, 0.05) is 18.8 Å². The second-order valence-corrected chi connectivity index (χ2v) is 5.98. The highest BCUT2D eigenvalue weighted by Gasteiger charge is 2.19. The van der Waals surface area contributed by atoms with Crippen LogP contribution in [0, 0.1) is 0 Å². The van der Waals surface area contributed by atoms with Crippen molar-refractivity contribution in [2.75, 3.05) is 38.3 Å². The van der Waals surface area contributed by atoms with Gasteiger partial charge in [-0.25, -0.2) is 0 Å². The van der Waals surface area contributed by atoms with Crippen LogP contribution in [-0.2, 0) is 20.7 Å². The van der Waals surface area contributed by atoms with Crippen molar-refractivity contribution in [3.63, 3.8) is 0 Å². The van der Waals surface area contributed by atoms with E-state index in [-0.39, 0.29) is 5.97 Å². The number of ether oxygens (including phenoxy) is 2. The number of carbonyl (C=O) groups excluding carboxylic acids is 1. The van der Waals surface area contributed by atoms with Crippen molar-refractivity contribution in [3.8, 4) is 0 Å². The van der Waals surface area contributed by atoms with Crippen LogP contribution < -0.4 is 10.6 Å². The minimum Gasteiger partial charge on any atom is -0.468 e. The molecule has 1 aliphatic heterocycles. The molecule has 1 atom stereocenters. The van der Waals surface area contributed by atoms with E-state index in [1.807, 2.05) is 0 Å². The number of rotatable bonds is 5. The molecule has 2 rings (SSSR count). The lowest BCUT2D eigenvalue weighted by molar-refractivity contribution is -0.142. The van der Waals surface area contributed by atoms with Crippen molar-refractivity contribution in [3.05, 3.63) is 29.3 Å². The summed E-state index contributed by atoms with van der Waals surface area (Å²) in [6.45, 7) is 7.74. The Labute approximate surface area is 132 Å². The molecule has 22 heavy (non-hydrogen) atoms. The Kier molecular flexibility index (Phi) is 5.80. The molecule has 0 spiro atoms. The summed E-state index contributed by atoms with van der Waals surface area (Å²) in [5.74, 6) is 0.0375. The van der Waals surface area contributed by atoms with E-state index >= 15 is 0 Å². The number of anilines is 1. The fourth-order valence-corrected chi connectivity index (χ4v) is 2.77. The van der Waals surface area contributed by atoms with Crippen LogP contribution in [0.5, 0.6) is 0 Å². The first kappa shape index (κ1) is 16.8. The zero-order valence-electron chi connectivity index (χ0n) is 13.7. The van der Waals surface area contributed by atoms with E-state index in [0.717, 1.165) is 31.9 Å². The van der Waals surface area contributed by atoms with E-state index in [0.29, 0.717) is 12.3 Å². The number of nitrogens with two attached hydrogens (primary N) is 1. The molecule has 1 unspecified atom stereocenters. The van der Waals surface area contributed by atoms with Gasteiger partial charge in [-0.1, -0.05) is 26.0 Å². The highest BCUT2D eigenvalue weighted by Crippen LogP contribution is 2.29. The van der Waals surface area contributed by atoms with Gasteiger partial charge in [0.25, 0.3) is 0 Å². The fraction of sp³-hybridized carbons (Fsp3) is 0.588. The average Bonchev–Trinajstić information content (AvgIpc) is 2.54. The van der Waals surface area contributed by atoms with Gasteiger partial charge in [0.05, 0.1) is 20.3 Å². The first-order valence-corrected chi connectivity index (χ1v) is 7.82. The zero-order valence-corrected chi connectivity index (χ0v) is 13.7. The normalized spacial score (nSPS) is 16.7. The van der Waals surface area contributed by atoms with Crippen molar-refractivity contribution in [1.82, 2.24) is 0 Å². The lowest BCUT2D eigenvalue weighted by Gasteiger charge is -2.32. The minimum atomic E-state index is -0.612. The second-order valence-electron chi connectivity index (χ2n) is 5.98. The maximum absolute atomic E-state index is 11.5. The largest absolute Gasteiger partial charge is 0.468 e. The second kappa shape index (κ2) is 7.61. The topological polar surface area (TPSA) is 64.8 Å². The SMILES string of the molecule is COC(=O)C(N)Cc1ccc(N2CCOCC2)c(C(C)C)c1. The van der Waals surface area contributed by atoms with Gasteiger partial charge in [-0.05, 0) is 29.5 Å². The summed E-state index contributed by atoms with van der Waals surface area (Å²) in [7, 11) is 1.36. The van der Waals surface area contributed by atoms with Gasteiger partial charge in [-0.2, -0.15) is 0 Å². The lowest BCUT2D eigenvalue weighted by Crippen LogP contribution is -2.37. The molecule has 1 saturated heterocycles. The van der Waals surface area contributed by atoms with Gasteiger partial charge in [0.15, 0.2) is 0 Å². The van der Waals surface area contributed by atoms with Crippen LogP contribution in [0.4, 0.5) is 5.69 Å². The molecule has 0 amide bonds. The summed E-state index contributed by atoms with van der Waals surface area (Å²) < 4.78 is 10.1. The maximum Gasteiger partial charge on any atom is 0.322 e. The highest BCUT2D eigenvalue weighted by molar-refractivity contribution is 5.75. The summed E-state index contributed by atoms with van der Waals surface area (Å²) >= 11 is 0. The molecule has 2 N–H and O–H groups in total. The van der Waals surface area contributed by atoms with E-state index in [2.05, 4.69) is 36.9 Å². The van der Waals surface area contributed by atoms with Crippen LogP contribution >= 0.6 is 0 Å². The molecule has 1 heterocycles. The summed E-state index contributed by atoms with van der Waals surface area (Å²) in [5.41, 5.74) is 9.48. The molecule has 122 valence electrons. The molecule has 0 bridgehead atoms. The van der Waals surface area contributed by atoms with Crippen molar-refractivity contribution in [1.29, 1.82) is 0 Å². The Balaban J connectivity index is 2.21. The predicted octanol–water partition coefficient (Wildman–Crippen LogP) is 1.69. The number of hydrogen-bond donors (Lipinski definition) is 1. The number of hydrogen-bond acceptors (Lipinski definition) is 5.